The van der Waals surface area contributed by atoms with Gasteiger partial charge in [-0.05, 0) is 140 Å². The van der Waals surface area contributed by atoms with Gasteiger partial charge in [-0.1, -0.05) is 101 Å². The van der Waals surface area contributed by atoms with Crippen LogP contribution in [0.25, 0.3) is 0 Å². The van der Waals surface area contributed by atoms with Gasteiger partial charge in [0.05, 0.1) is 35.0 Å². The second kappa shape index (κ2) is 44.1. The Morgan fingerprint density at radius 2 is 0.696 bits per heavy atom. The summed E-state index contributed by atoms with van der Waals surface area (Å²) in [6.07, 6.45) is 13.3. The minimum absolute atomic E-state index is 0.0419. The number of carbonyl (C=O) groups excluding carboxylic acids is 10. The fourth-order valence-electron chi connectivity index (χ4n) is 11.0. The van der Waals surface area contributed by atoms with Crippen molar-refractivity contribution in [3.05, 3.63) is 190 Å². The first kappa shape index (κ1) is 82.4. The maximum atomic E-state index is 13.3. The van der Waals surface area contributed by atoms with E-state index in [-0.39, 0.29) is 97.0 Å². The lowest BCUT2D eigenvalue weighted by molar-refractivity contribution is -0.144. The quantitative estimate of drug-likeness (QED) is 0.0121. The predicted molar refractivity (Wildman–Crippen MR) is 379 cm³/mol. The Kier molecular flexibility index (Phi) is 35.6. The van der Waals surface area contributed by atoms with Crippen LogP contribution >= 0.6 is 0 Å². The standard InChI is InChI=1S/C20H21F2NO3.C17H15F2NO3.C16H21NO3.C14H17NO3.C11H19NO3/c1-13(2)12-26-20(25)11-23-18-6-4-3-5-17(18)19(24)9-14-7-15(21)10-16(22)8-14;1-23-17(22)10-20-15-5-3-2-4-14(15)16(21)8-11-6-12(18)9-13(19)7-11;1-20-16(19)11-17-14-9-5-4-8-13(14)15(18)10-12-6-2-3-7-12;1-18-14(17)9-15-12-5-3-2-4-11(12)13(16)8-10-6-7-10;1-8(11(14)15-2)12-10(13)7-9-5-3-4-6-9/h3-8,10,13,23H,9,11-12H2,1-2H3;2-7,9,20H,8,10H2,1H3;4-5,8-9,12,17H,2-3,6-7,10-11H2,1H3;2-5,10,15H,6-9H2,1H3;8-9H,3-7H2,1-2H3,(H,12,13). The van der Waals surface area contributed by atoms with Crippen LogP contribution in [0, 0.1) is 46.9 Å². The van der Waals surface area contributed by atoms with Crippen LogP contribution in [0.2, 0.25) is 0 Å². The molecule has 3 aliphatic carbocycles. The number of para-hydroxylation sites is 4. The molecule has 102 heavy (non-hydrogen) atoms. The number of nitrogens with one attached hydrogen (secondary N) is 5. The van der Waals surface area contributed by atoms with Crippen LogP contribution in [-0.4, -0.2) is 126 Å². The summed E-state index contributed by atoms with van der Waals surface area (Å²) in [5, 5.41) is 14.3. The maximum Gasteiger partial charge on any atom is 0.328 e. The summed E-state index contributed by atoms with van der Waals surface area (Å²) in [6, 6.07) is 33.3. The molecule has 0 aliphatic heterocycles. The normalized spacial score (nSPS) is 13.2. The van der Waals surface area contributed by atoms with Crippen molar-refractivity contribution >= 4 is 81.6 Å². The van der Waals surface area contributed by atoms with Crippen LogP contribution in [0.15, 0.2) is 133 Å². The van der Waals surface area contributed by atoms with Crippen molar-refractivity contribution < 1.29 is 89.2 Å². The molecule has 0 spiro atoms. The lowest BCUT2D eigenvalue weighted by Crippen LogP contribution is -2.39. The van der Waals surface area contributed by atoms with E-state index in [1.165, 1.54) is 54.1 Å². The third kappa shape index (κ3) is 30.7. The van der Waals surface area contributed by atoms with Gasteiger partial charge in [0.15, 0.2) is 23.1 Å². The van der Waals surface area contributed by atoms with E-state index in [2.05, 4.69) is 45.5 Å². The molecule has 3 aliphatic rings. The summed E-state index contributed by atoms with van der Waals surface area (Å²) in [4.78, 5) is 117. The molecule has 20 nitrogen and oxygen atoms in total. The van der Waals surface area contributed by atoms with Gasteiger partial charge in [0.25, 0.3) is 0 Å². The van der Waals surface area contributed by atoms with Gasteiger partial charge in [0.2, 0.25) is 5.91 Å². The Labute approximate surface area is 593 Å². The summed E-state index contributed by atoms with van der Waals surface area (Å²) < 4.78 is 76.2. The Morgan fingerprint density at radius 3 is 1.01 bits per heavy atom. The molecule has 0 radical (unpaired) electrons. The van der Waals surface area contributed by atoms with Gasteiger partial charge in [-0.3, -0.25) is 43.2 Å². The first-order valence-electron chi connectivity index (χ1n) is 34.0. The van der Waals surface area contributed by atoms with Crippen LogP contribution in [0.3, 0.4) is 0 Å². The molecule has 9 rings (SSSR count). The molecule has 0 bridgehead atoms. The number of carbonyl (C=O) groups is 10. The first-order valence-corrected chi connectivity index (χ1v) is 34.0. The van der Waals surface area contributed by atoms with E-state index in [0.717, 1.165) is 74.9 Å². The van der Waals surface area contributed by atoms with Crippen molar-refractivity contribution in [2.24, 2.45) is 23.7 Å². The van der Waals surface area contributed by atoms with Crippen molar-refractivity contribution in [2.75, 3.05) is 82.5 Å². The zero-order valence-electron chi connectivity index (χ0n) is 58.9. The van der Waals surface area contributed by atoms with E-state index in [4.69, 9.17) is 4.74 Å². The number of hydrogen-bond acceptors (Lipinski definition) is 19. The molecule has 6 aromatic carbocycles. The Bertz CT molecular complexity index is 3740. The maximum absolute atomic E-state index is 13.3. The molecular formula is C78H93F4N5O15. The zero-order valence-corrected chi connectivity index (χ0v) is 58.9. The Balaban J connectivity index is 0.000000232. The number of hydrogen-bond donors (Lipinski definition) is 5. The third-order valence-corrected chi connectivity index (χ3v) is 16.4. The number of ketones is 4. The van der Waals surface area contributed by atoms with Crippen LogP contribution in [0.1, 0.15) is 157 Å². The molecule has 0 heterocycles. The number of amides is 1. The smallest absolute Gasteiger partial charge is 0.328 e. The lowest BCUT2D eigenvalue weighted by atomic mass is 9.96. The van der Waals surface area contributed by atoms with Crippen molar-refractivity contribution in [3.8, 4) is 0 Å². The largest absolute Gasteiger partial charge is 0.468 e. The van der Waals surface area contributed by atoms with Crippen molar-refractivity contribution in [1.82, 2.24) is 5.32 Å². The molecule has 6 aromatic rings. The van der Waals surface area contributed by atoms with Gasteiger partial charge < -0.3 is 50.3 Å². The Morgan fingerprint density at radius 1 is 0.392 bits per heavy atom. The fourth-order valence-corrected chi connectivity index (χ4v) is 11.0. The van der Waals surface area contributed by atoms with E-state index in [9.17, 15) is 65.5 Å². The van der Waals surface area contributed by atoms with E-state index >= 15 is 0 Å². The average Bonchev–Trinajstić information content (AvgIpc) is 1.15. The summed E-state index contributed by atoms with van der Waals surface area (Å²) in [6.45, 7) is 5.81. The highest BCUT2D eigenvalue weighted by atomic mass is 19.1. The molecular weight excluding hydrogens is 1320 g/mol. The predicted octanol–water partition coefficient (Wildman–Crippen LogP) is 13.5. The molecule has 548 valence electrons. The molecule has 3 fully saturated rings. The highest BCUT2D eigenvalue weighted by molar-refractivity contribution is 6.04. The van der Waals surface area contributed by atoms with Gasteiger partial charge in [0, 0.05) is 89.2 Å². The van der Waals surface area contributed by atoms with Crippen molar-refractivity contribution in [3.63, 3.8) is 0 Å². The second-order valence-corrected chi connectivity index (χ2v) is 25.2. The summed E-state index contributed by atoms with van der Waals surface area (Å²) in [5.74, 6) is -3.44. The third-order valence-electron chi connectivity index (χ3n) is 16.4. The number of ether oxygens (including phenoxy) is 5. The van der Waals surface area contributed by atoms with Gasteiger partial charge in [-0.15, -0.1) is 0 Å². The summed E-state index contributed by atoms with van der Waals surface area (Å²) in [5.41, 5.74) is 4.84. The molecule has 5 N–H and O–H groups in total. The van der Waals surface area contributed by atoms with E-state index in [1.54, 1.807) is 61.5 Å². The first-order chi connectivity index (χ1) is 48.9. The number of Topliss-reactive ketones (excluding diaryl/α,β-unsaturated/α-hetero) is 4. The minimum atomic E-state index is -0.732. The summed E-state index contributed by atoms with van der Waals surface area (Å²) in [7, 11) is 5.27. The molecule has 0 saturated heterocycles. The molecule has 1 amide bonds. The van der Waals surface area contributed by atoms with Gasteiger partial charge in [0.1, 0.15) is 55.5 Å². The highest BCUT2D eigenvalue weighted by Crippen LogP contribution is 2.35. The lowest BCUT2D eigenvalue weighted by Gasteiger charge is -2.13. The number of anilines is 4. The molecule has 1 atom stereocenters. The molecule has 24 heteroatoms. The second-order valence-electron chi connectivity index (χ2n) is 25.2. The summed E-state index contributed by atoms with van der Waals surface area (Å²) >= 11 is 0. The van der Waals surface area contributed by atoms with E-state index in [0.29, 0.717) is 88.6 Å². The van der Waals surface area contributed by atoms with Crippen LogP contribution in [0.4, 0.5) is 40.3 Å². The van der Waals surface area contributed by atoms with Crippen molar-refractivity contribution in [1.29, 1.82) is 0 Å². The van der Waals surface area contributed by atoms with Gasteiger partial charge in [-0.25, -0.2) is 22.4 Å². The fraction of sp³-hybridized carbons (Fsp3) is 0.410. The highest BCUT2D eigenvalue weighted by Gasteiger charge is 2.27. The SMILES string of the molecule is CC(C)COC(=O)CNc1ccccc1C(=O)Cc1cc(F)cc(F)c1.COC(=O)C(C)NC(=O)CC1CCCC1.COC(=O)CNc1ccccc1C(=O)CC1CC1.COC(=O)CNc1ccccc1C(=O)CC1CCCC1.COC(=O)CNc1ccccc1C(=O)Cc1cc(F)cc(F)c1. The number of esters is 5. The van der Waals surface area contributed by atoms with Gasteiger partial charge >= 0.3 is 29.8 Å². The number of benzene rings is 6. The van der Waals surface area contributed by atoms with Gasteiger partial charge in [-0.2, -0.15) is 0 Å². The van der Waals surface area contributed by atoms with Crippen LogP contribution < -0.4 is 26.6 Å². The van der Waals surface area contributed by atoms with Crippen LogP contribution in [0.5, 0.6) is 0 Å². The van der Waals surface area contributed by atoms with Crippen molar-refractivity contribution in [2.45, 2.75) is 123 Å². The molecule has 3 saturated carbocycles. The Hall–Kier alpha value is -10.3. The molecule has 1 unspecified atom stereocenters. The number of halogens is 4. The topological polar surface area (TPSA) is 277 Å². The monoisotopic (exact) mass is 1420 g/mol. The molecule has 0 aromatic heterocycles. The number of rotatable bonds is 30. The van der Waals surface area contributed by atoms with Crippen LogP contribution in [-0.2, 0) is 65.3 Å². The minimum Gasteiger partial charge on any atom is -0.468 e. The van der Waals surface area contributed by atoms with E-state index < -0.39 is 47.2 Å². The average molecular weight is 1420 g/mol. The van der Waals surface area contributed by atoms with E-state index in [1.807, 2.05) is 56.3 Å². The zero-order chi connectivity index (χ0) is 74.5. The number of methoxy groups -OCH3 is 4.